The summed E-state index contributed by atoms with van der Waals surface area (Å²) >= 11 is 0. The van der Waals surface area contributed by atoms with Crippen LogP contribution in [0.2, 0.25) is 0 Å². The molecule has 22 heavy (non-hydrogen) atoms. The number of hydrogen-bond acceptors (Lipinski definition) is 3. The minimum atomic E-state index is -0.0410. The van der Waals surface area contributed by atoms with Gasteiger partial charge >= 0.3 is 0 Å². The molecular weight excluding hydrogens is 278 g/mol. The summed E-state index contributed by atoms with van der Waals surface area (Å²) in [4.78, 5) is 21.5. The van der Waals surface area contributed by atoms with Crippen LogP contribution in [0.15, 0.2) is 41.6 Å². The number of benzene rings is 1. The quantitative estimate of drug-likeness (QED) is 0.616. The second-order valence-corrected chi connectivity index (χ2v) is 5.26. The maximum Gasteiger partial charge on any atom is 0.276 e. The lowest BCUT2D eigenvalue weighted by molar-refractivity contribution is 0.853. The molecule has 0 saturated heterocycles. The first kappa shape index (κ1) is 12.8. The average Bonchev–Trinajstić information content (AvgIpc) is 3.11. The maximum atomic E-state index is 12.5. The molecule has 6 heteroatoms. The molecule has 1 aromatic carbocycles. The molecule has 1 N–H and O–H groups in total. The van der Waals surface area contributed by atoms with Gasteiger partial charge in [0.1, 0.15) is 12.0 Å². The zero-order valence-corrected chi connectivity index (χ0v) is 12.4. The van der Waals surface area contributed by atoms with E-state index in [1.165, 1.54) is 4.52 Å². The molecule has 3 aromatic heterocycles. The number of rotatable bonds is 2. The largest absolute Gasteiger partial charge is 0.295 e. The molecule has 0 aliphatic carbocycles. The number of aromatic nitrogens is 5. The Morgan fingerprint density at radius 3 is 2.91 bits per heavy atom. The van der Waals surface area contributed by atoms with Crippen LogP contribution in [0.4, 0.5) is 0 Å². The van der Waals surface area contributed by atoms with Crippen LogP contribution in [0.25, 0.3) is 22.4 Å². The average molecular weight is 293 g/mol. The van der Waals surface area contributed by atoms with E-state index in [0.717, 1.165) is 28.0 Å². The number of para-hydroxylation sites is 2. The number of H-pyrrole nitrogens is 1. The number of fused-ring (bicyclic) bond motifs is 2. The Labute approximate surface area is 126 Å². The number of aromatic amines is 1. The first-order valence-corrected chi connectivity index (χ1v) is 7.22. The van der Waals surface area contributed by atoms with Gasteiger partial charge in [-0.1, -0.05) is 19.1 Å². The predicted molar refractivity (Wildman–Crippen MR) is 84.6 cm³/mol. The van der Waals surface area contributed by atoms with Gasteiger partial charge < -0.3 is 0 Å². The lowest BCUT2D eigenvalue weighted by Crippen LogP contribution is -2.21. The van der Waals surface area contributed by atoms with Crippen LogP contribution >= 0.6 is 0 Å². The first-order chi connectivity index (χ1) is 10.7. The molecule has 4 aromatic rings. The minimum Gasteiger partial charge on any atom is -0.295 e. The van der Waals surface area contributed by atoms with E-state index in [0.29, 0.717) is 12.1 Å². The monoisotopic (exact) mass is 293 g/mol. The Balaban J connectivity index is 2.07. The third-order valence-corrected chi connectivity index (χ3v) is 4.01. The van der Waals surface area contributed by atoms with Gasteiger partial charge in [0.05, 0.1) is 11.0 Å². The predicted octanol–water partition coefficient (Wildman–Crippen LogP) is 2.23. The Morgan fingerprint density at radius 1 is 1.27 bits per heavy atom. The Kier molecular flexibility index (Phi) is 2.66. The number of hydrogen-bond donors (Lipinski definition) is 1. The molecule has 110 valence electrons. The number of nitrogens with zero attached hydrogens (tertiary/aromatic N) is 4. The van der Waals surface area contributed by atoms with Gasteiger partial charge in [-0.3, -0.25) is 14.5 Å². The fourth-order valence-corrected chi connectivity index (χ4v) is 2.88. The van der Waals surface area contributed by atoms with Gasteiger partial charge in [-0.15, -0.1) is 0 Å². The van der Waals surface area contributed by atoms with Crippen LogP contribution in [0.5, 0.6) is 0 Å². The highest BCUT2D eigenvalue weighted by molar-refractivity contribution is 5.79. The van der Waals surface area contributed by atoms with Gasteiger partial charge in [-0.05, 0) is 25.5 Å². The molecule has 0 unspecified atom stereocenters. The van der Waals surface area contributed by atoms with E-state index in [1.807, 2.05) is 42.7 Å². The highest BCUT2D eigenvalue weighted by Gasteiger charge is 2.15. The fourth-order valence-electron chi connectivity index (χ4n) is 2.88. The highest BCUT2D eigenvalue weighted by atomic mass is 16.1. The standard InChI is InChI=1S/C16H15N5O/c1-3-11-10(2)19-15-14(8-18-21(15)16(11)22)20-9-17-12-6-4-5-7-13(12)20/h4-9,18H,3H2,1-2H3. The maximum absolute atomic E-state index is 12.5. The smallest absolute Gasteiger partial charge is 0.276 e. The molecule has 0 aliphatic rings. The summed E-state index contributed by atoms with van der Waals surface area (Å²) < 4.78 is 3.44. The molecule has 0 fully saturated rings. The van der Waals surface area contributed by atoms with Crippen molar-refractivity contribution in [3.63, 3.8) is 0 Å². The van der Waals surface area contributed by atoms with Crippen molar-refractivity contribution in [2.45, 2.75) is 20.3 Å². The fraction of sp³-hybridized carbons (Fsp3) is 0.188. The zero-order chi connectivity index (χ0) is 15.3. The summed E-state index contributed by atoms with van der Waals surface area (Å²) in [7, 11) is 0. The summed E-state index contributed by atoms with van der Waals surface area (Å²) in [5.74, 6) is 0. The van der Waals surface area contributed by atoms with Crippen LogP contribution in [-0.2, 0) is 6.42 Å². The van der Waals surface area contributed by atoms with Crippen molar-refractivity contribution in [3.8, 4) is 5.69 Å². The molecule has 0 spiro atoms. The molecule has 3 heterocycles. The Bertz CT molecular complexity index is 1050. The third kappa shape index (κ3) is 1.64. The van der Waals surface area contributed by atoms with E-state index in [9.17, 15) is 4.79 Å². The van der Waals surface area contributed by atoms with Crippen LogP contribution in [-0.4, -0.2) is 24.1 Å². The lowest BCUT2D eigenvalue weighted by atomic mass is 10.2. The molecule has 0 saturated carbocycles. The van der Waals surface area contributed by atoms with Gasteiger partial charge in [0, 0.05) is 17.5 Å². The molecule has 0 aliphatic heterocycles. The van der Waals surface area contributed by atoms with E-state index < -0.39 is 0 Å². The van der Waals surface area contributed by atoms with Crippen LogP contribution < -0.4 is 5.56 Å². The number of aryl methyl sites for hydroxylation is 1. The Hall–Kier alpha value is -2.89. The van der Waals surface area contributed by atoms with Crippen molar-refractivity contribution in [1.82, 2.24) is 24.1 Å². The first-order valence-electron chi connectivity index (χ1n) is 7.22. The summed E-state index contributed by atoms with van der Waals surface area (Å²) in [5.41, 5.74) is 4.79. The number of nitrogens with one attached hydrogen (secondary N) is 1. The summed E-state index contributed by atoms with van der Waals surface area (Å²) in [6, 6.07) is 7.88. The lowest BCUT2D eigenvalue weighted by Gasteiger charge is -2.05. The summed E-state index contributed by atoms with van der Waals surface area (Å²) in [6.07, 6.45) is 4.21. The molecule has 0 amide bonds. The van der Waals surface area contributed by atoms with Crippen molar-refractivity contribution in [1.29, 1.82) is 0 Å². The van der Waals surface area contributed by atoms with Gasteiger partial charge in [-0.25, -0.2) is 9.97 Å². The van der Waals surface area contributed by atoms with Crippen LogP contribution in [0.3, 0.4) is 0 Å². The van der Waals surface area contributed by atoms with Crippen molar-refractivity contribution in [2.24, 2.45) is 0 Å². The SMILES string of the molecule is CCc1c(C)nc2c(-n3cnc4ccccc43)c[nH]n2c1=O. The van der Waals surface area contributed by atoms with Crippen molar-refractivity contribution >= 4 is 16.7 Å². The van der Waals surface area contributed by atoms with E-state index >= 15 is 0 Å². The van der Waals surface area contributed by atoms with Crippen molar-refractivity contribution in [3.05, 3.63) is 58.4 Å². The summed E-state index contributed by atoms with van der Waals surface area (Å²) in [6.45, 7) is 3.84. The molecule has 0 bridgehead atoms. The Morgan fingerprint density at radius 2 is 2.09 bits per heavy atom. The van der Waals surface area contributed by atoms with Gasteiger partial charge in [0.25, 0.3) is 5.56 Å². The highest BCUT2D eigenvalue weighted by Crippen LogP contribution is 2.20. The third-order valence-electron chi connectivity index (χ3n) is 4.01. The normalized spacial score (nSPS) is 11.5. The number of imidazole rings is 1. The van der Waals surface area contributed by atoms with E-state index in [1.54, 1.807) is 12.5 Å². The van der Waals surface area contributed by atoms with E-state index in [4.69, 9.17) is 0 Å². The molecule has 4 rings (SSSR count). The van der Waals surface area contributed by atoms with Crippen LogP contribution in [0.1, 0.15) is 18.2 Å². The summed E-state index contributed by atoms with van der Waals surface area (Å²) in [5, 5.41) is 3.00. The van der Waals surface area contributed by atoms with Crippen LogP contribution in [0, 0.1) is 6.92 Å². The van der Waals surface area contributed by atoms with Crippen molar-refractivity contribution < 1.29 is 0 Å². The second-order valence-electron chi connectivity index (χ2n) is 5.26. The molecule has 0 atom stereocenters. The van der Waals surface area contributed by atoms with Crippen molar-refractivity contribution in [2.75, 3.05) is 0 Å². The molecular formula is C16H15N5O. The van der Waals surface area contributed by atoms with E-state index in [2.05, 4.69) is 15.1 Å². The van der Waals surface area contributed by atoms with E-state index in [-0.39, 0.29) is 5.56 Å². The van der Waals surface area contributed by atoms with Gasteiger partial charge in [-0.2, -0.15) is 4.52 Å². The minimum absolute atomic E-state index is 0.0410. The van der Waals surface area contributed by atoms with Gasteiger partial charge in [0.2, 0.25) is 0 Å². The topological polar surface area (TPSA) is 68.0 Å². The second kappa shape index (κ2) is 4.56. The zero-order valence-electron chi connectivity index (χ0n) is 12.4. The van der Waals surface area contributed by atoms with Gasteiger partial charge in [0.15, 0.2) is 5.65 Å². The molecule has 0 radical (unpaired) electrons. The molecule has 6 nitrogen and oxygen atoms in total.